The Morgan fingerprint density at radius 2 is 1.68 bits per heavy atom. The molecule has 0 atom stereocenters. The van der Waals surface area contributed by atoms with Gasteiger partial charge in [-0.3, -0.25) is 4.72 Å². The van der Waals surface area contributed by atoms with Crippen molar-refractivity contribution in [2.45, 2.75) is 11.3 Å². The number of sulfonamides is 1. The number of halogens is 3. The van der Waals surface area contributed by atoms with Crippen LogP contribution in [0.5, 0.6) is 0 Å². The molecule has 0 radical (unpaired) electrons. The maximum Gasteiger partial charge on any atom is 0.265 e. The number of sulfone groups is 1. The van der Waals surface area contributed by atoms with E-state index in [0.29, 0.717) is 52.1 Å². The molecule has 2 N–H and O–H groups in total. The minimum Gasteiger partial charge on any atom is -0.354 e. The van der Waals surface area contributed by atoms with Gasteiger partial charge < -0.3 is 10.2 Å². The quantitative estimate of drug-likeness (QED) is 0.232. The van der Waals surface area contributed by atoms with Crippen LogP contribution in [0.25, 0.3) is 21.8 Å². The molecule has 0 aliphatic rings. The van der Waals surface area contributed by atoms with Gasteiger partial charge in [-0.15, -0.1) is 0 Å². The molecular weight excluding hydrogens is 602 g/mol. The van der Waals surface area contributed by atoms with Gasteiger partial charge in [-0.05, 0) is 48.9 Å². The van der Waals surface area contributed by atoms with E-state index >= 15 is 0 Å². The van der Waals surface area contributed by atoms with Crippen LogP contribution in [0.15, 0.2) is 53.6 Å². The molecule has 2 aromatic heterocycles. The van der Waals surface area contributed by atoms with Crippen molar-refractivity contribution in [3.63, 3.8) is 0 Å². The largest absolute Gasteiger partial charge is 0.354 e. The van der Waals surface area contributed by atoms with Crippen molar-refractivity contribution in [1.29, 1.82) is 0 Å². The van der Waals surface area contributed by atoms with E-state index in [4.69, 9.17) is 0 Å². The van der Waals surface area contributed by atoms with Gasteiger partial charge in [0.2, 0.25) is 5.95 Å². The van der Waals surface area contributed by atoms with E-state index < -0.39 is 47.9 Å². The third-order valence-electron chi connectivity index (χ3n) is 5.53. The van der Waals surface area contributed by atoms with Crippen LogP contribution in [0.2, 0.25) is 0 Å². The molecule has 218 valence electrons. The molecule has 2 heterocycles. The maximum absolute atomic E-state index is 14.8. The zero-order valence-electron chi connectivity index (χ0n) is 22.0. The number of nitrogens with zero attached hydrogens (tertiary/aromatic N) is 4. The lowest BCUT2D eigenvalue weighted by molar-refractivity contribution is 0.555. The Kier molecular flexibility index (Phi) is 8.84. The summed E-state index contributed by atoms with van der Waals surface area (Å²) < 4.78 is 92.9. The molecule has 4 rings (SSSR count). The highest BCUT2D eigenvalue weighted by molar-refractivity contribution is 7.92. The molecular formula is C25H25F3N6O4S3. The van der Waals surface area contributed by atoms with Crippen LogP contribution >= 0.6 is 11.3 Å². The van der Waals surface area contributed by atoms with Crippen LogP contribution in [0.1, 0.15) is 6.42 Å². The summed E-state index contributed by atoms with van der Waals surface area (Å²) in [5.41, 5.74) is 0.647. The number of thiazole rings is 1. The Bertz CT molecular complexity index is 1800. The zero-order chi connectivity index (χ0) is 29.9. The summed E-state index contributed by atoms with van der Waals surface area (Å²) in [5, 5.41) is 3.56. The van der Waals surface area contributed by atoms with Gasteiger partial charge in [0.25, 0.3) is 10.0 Å². The van der Waals surface area contributed by atoms with Crippen molar-refractivity contribution in [2.75, 3.05) is 47.6 Å². The van der Waals surface area contributed by atoms with Gasteiger partial charge in [-0.1, -0.05) is 11.3 Å². The van der Waals surface area contributed by atoms with Crippen LogP contribution in [0.3, 0.4) is 0 Å². The Morgan fingerprint density at radius 1 is 0.951 bits per heavy atom. The predicted octanol–water partition coefficient (Wildman–Crippen LogP) is 4.40. The molecule has 0 spiro atoms. The zero-order valence-corrected chi connectivity index (χ0v) is 24.5. The van der Waals surface area contributed by atoms with Crippen molar-refractivity contribution in [2.24, 2.45) is 0 Å². The van der Waals surface area contributed by atoms with Gasteiger partial charge in [0.1, 0.15) is 32.2 Å². The van der Waals surface area contributed by atoms with Crippen LogP contribution in [0, 0.1) is 17.5 Å². The smallest absolute Gasteiger partial charge is 0.265 e. The minimum atomic E-state index is -4.68. The lowest BCUT2D eigenvalue weighted by atomic mass is 10.1. The number of hydrogen-bond acceptors (Lipinski definition) is 10. The molecule has 0 bridgehead atoms. The summed E-state index contributed by atoms with van der Waals surface area (Å²) in [6, 6.07) is 7.21. The van der Waals surface area contributed by atoms with Crippen molar-refractivity contribution < 1.29 is 30.0 Å². The fourth-order valence-corrected chi connectivity index (χ4v) is 6.41. The number of aromatic nitrogens is 3. The van der Waals surface area contributed by atoms with E-state index in [-0.39, 0.29) is 11.7 Å². The van der Waals surface area contributed by atoms with Gasteiger partial charge in [-0.2, -0.15) is 0 Å². The second-order valence-corrected chi connectivity index (χ2v) is 14.0. The van der Waals surface area contributed by atoms with Crippen molar-refractivity contribution >= 4 is 48.0 Å². The molecule has 0 fully saturated rings. The first-order valence-electron chi connectivity index (χ1n) is 11.9. The Balaban J connectivity index is 1.69. The van der Waals surface area contributed by atoms with Gasteiger partial charge in [-0.25, -0.2) is 45.0 Å². The van der Waals surface area contributed by atoms with E-state index in [1.807, 2.05) is 4.72 Å². The van der Waals surface area contributed by atoms with Crippen molar-refractivity contribution in [3.05, 3.63) is 66.1 Å². The highest BCUT2D eigenvalue weighted by atomic mass is 32.2. The first kappa shape index (κ1) is 30.2. The van der Waals surface area contributed by atoms with E-state index in [9.17, 15) is 30.0 Å². The lowest BCUT2D eigenvalue weighted by Crippen LogP contribution is -2.16. The SMILES string of the molecule is CN(C)c1nc(-c2ccc(F)c(NS(=O)(=O)c3cc(F)ccc3F)c2)c(-c2ccnc(NCCCS(C)(=O)=O)n2)s1. The molecule has 0 aliphatic heterocycles. The summed E-state index contributed by atoms with van der Waals surface area (Å²) in [6.45, 7) is 0.322. The summed E-state index contributed by atoms with van der Waals surface area (Å²) in [7, 11) is -4.24. The van der Waals surface area contributed by atoms with Crippen LogP contribution in [-0.2, 0) is 19.9 Å². The normalized spacial score (nSPS) is 11.9. The average Bonchev–Trinajstić information content (AvgIpc) is 3.35. The standard InChI is InChI=1S/C25H25F3N6O4S3/c1-34(2)25-32-22(23(39-25)19-9-11-30-24(31-19)29-10-4-12-40(3,35)36)15-5-7-17(27)20(13-15)33-41(37,38)21-14-16(26)6-8-18(21)28/h5-9,11,13-14,33H,4,10,12H2,1-3H3,(H,29,30,31). The lowest BCUT2D eigenvalue weighted by Gasteiger charge is -2.12. The average molecular weight is 627 g/mol. The van der Waals surface area contributed by atoms with Crippen LogP contribution in [0.4, 0.5) is 29.9 Å². The first-order chi connectivity index (χ1) is 19.2. The third kappa shape index (κ3) is 7.51. The molecule has 2 aromatic carbocycles. The fraction of sp³-hybridized carbons (Fsp3) is 0.240. The molecule has 10 nitrogen and oxygen atoms in total. The maximum atomic E-state index is 14.8. The van der Waals surface area contributed by atoms with Crippen molar-refractivity contribution in [3.8, 4) is 21.8 Å². The second kappa shape index (κ2) is 12.0. The number of nitrogens with one attached hydrogen (secondary N) is 2. The van der Waals surface area contributed by atoms with Gasteiger partial charge in [0.15, 0.2) is 5.13 Å². The van der Waals surface area contributed by atoms with Crippen LogP contribution in [-0.4, -0.2) is 64.4 Å². The number of anilines is 3. The molecule has 0 saturated carbocycles. The predicted molar refractivity (Wildman–Crippen MR) is 153 cm³/mol. The summed E-state index contributed by atoms with van der Waals surface area (Å²) >= 11 is 1.27. The summed E-state index contributed by atoms with van der Waals surface area (Å²) in [5.74, 6) is -2.85. The monoisotopic (exact) mass is 626 g/mol. The minimum absolute atomic E-state index is 0.00733. The summed E-state index contributed by atoms with van der Waals surface area (Å²) in [4.78, 5) is 14.7. The molecule has 0 aliphatic carbocycles. The molecule has 0 amide bonds. The number of rotatable bonds is 11. The van der Waals surface area contributed by atoms with Crippen molar-refractivity contribution in [1.82, 2.24) is 15.0 Å². The van der Waals surface area contributed by atoms with Gasteiger partial charge >= 0.3 is 0 Å². The molecule has 16 heteroatoms. The Morgan fingerprint density at radius 3 is 2.39 bits per heavy atom. The first-order valence-corrected chi connectivity index (χ1v) is 16.3. The molecule has 41 heavy (non-hydrogen) atoms. The highest BCUT2D eigenvalue weighted by Crippen LogP contribution is 2.40. The fourth-order valence-electron chi connectivity index (χ4n) is 3.61. The topological polar surface area (TPSA) is 134 Å². The van der Waals surface area contributed by atoms with E-state index in [1.165, 1.54) is 29.7 Å². The molecule has 4 aromatic rings. The molecule has 0 saturated heterocycles. The summed E-state index contributed by atoms with van der Waals surface area (Å²) in [6.07, 6.45) is 3.03. The van der Waals surface area contributed by atoms with Gasteiger partial charge in [0.05, 0.1) is 27.7 Å². The Hall–Kier alpha value is -3.76. The van der Waals surface area contributed by atoms with E-state index in [0.717, 1.165) is 18.4 Å². The number of benzene rings is 2. The molecule has 0 unspecified atom stereocenters. The van der Waals surface area contributed by atoms with Crippen LogP contribution < -0.4 is 14.9 Å². The highest BCUT2D eigenvalue weighted by Gasteiger charge is 2.23. The van der Waals surface area contributed by atoms with Gasteiger partial charge in [0, 0.05) is 38.7 Å². The second-order valence-electron chi connectivity index (χ2n) is 9.12. The number of hydrogen-bond donors (Lipinski definition) is 2. The third-order valence-corrected chi connectivity index (χ3v) is 9.18. The Labute approximate surface area is 239 Å². The van der Waals surface area contributed by atoms with E-state index in [2.05, 4.69) is 20.3 Å². The van der Waals surface area contributed by atoms with E-state index in [1.54, 1.807) is 25.1 Å².